The number of nitrogens with one attached hydrogen (secondary N) is 2. The van der Waals surface area contributed by atoms with Crippen LogP contribution in [0.15, 0.2) is 23.2 Å². The Bertz CT molecular complexity index is 499. The molecular weight excluding hydrogens is 278 g/mol. The summed E-state index contributed by atoms with van der Waals surface area (Å²) in [6.45, 7) is 5.12. The van der Waals surface area contributed by atoms with Crippen molar-refractivity contribution in [2.45, 2.75) is 50.9 Å². The highest BCUT2D eigenvalue weighted by atomic mass is 32.2. The minimum atomic E-state index is 0.563. The second kappa shape index (κ2) is 7.74. The van der Waals surface area contributed by atoms with E-state index < -0.39 is 0 Å². The topological polar surface area (TPSA) is 36.4 Å². The van der Waals surface area contributed by atoms with Crippen LogP contribution in [0.2, 0.25) is 0 Å². The van der Waals surface area contributed by atoms with E-state index in [0.29, 0.717) is 6.04 Å². The van der Waals surface area contributed by atoms with Crippen molar-refractivity contribution in [1.29, 1.82) is 0 Å². The maximum absolute atomic E-state index is 4.35. The molecule has 1 aromatic rings. The predicted octanol–water partition coefficient (Wildman–Crippen LogP) is 3.25. The molecule has 0 heterocycles. The number of hydrogen-bond acceptors (Lipinski definition) is 2. The summed E-state index contributed by atoms with van der Waals surface area (Å²) in [6.07, 6.45) is 6.01. The van der Waals surface area contributed by atoms with Gasteiger partial charge in [0, 0.05) is 24.9 Å². The molecule has 1 fully saturated rings. The Labute approximate surface area is 133 Å². The summed E-state index contributed by atoms with van der Waals surface area (Å²) in [6, 6.07) is 7.16. The Morgan fingerprint density at radius 3 is 2.76 bits per heavy atom. The van der Waals surface area contributed by atoms with Crippen LogP contribution in [-0.4, -0.2) is 30.6 Å². The van der Waals surface area contributed by atoms with E-state index in [-0.39, 0.29) is 0 Å². The highest BCUT2D eigenvalue weighted by molar-refractivity contribution is 7.99. The van der Waals surface area contributed by atoms with Crippen molar-refractivity contribution in [3.8, 4) is 0 Å². The number of aliphatic imine (C=N–C) groups is 1. The first-order valence-corrected chi connectivity index (χ1v) is 8.97. The zero-order chi connectivity index (χ0) is 15.2. The molecule has 0 spiro atoms. The molecule has 0 aromatic heterocycles. The lowest BCUT2D eigenvalue weighted by Crippen LogP contribution is -2.42. The molecule has 0 bridgehead atoms. The first kappa shape index (κ1) is 16.2. The van der Waals surface area contributed by atoms with Gasteiger partial charge in [0.1, 0.15) is 0 Å². The summed E-state index contributed by atoms with van der Waals surface area (Å²) in [4.78, 5) is 4.35. The number of nitrogens with zero attached hydrogens (tertiary/aromatic N) is 1. The van der Waals surface area contributed by atoms with Gasteiger partial charge in [-0.05, 0) is 50.5 Å². The van der Waals surface area contributed by atoms with Crippen LogP contribution >= 0.6 is 11.8 Å². The molecule has 0 aliphatic heterocycles. The fraction of sp³-hybridized carbons (Fsp3) is 0.588. The lowest BCUT2D eigenvalue weighted by molar-refractivity contribution is 0.614. The fourth-order valence-corrected chi connectivity index (χ4v) is 3.69. The Morgan fingerprint density at radius 2 is 2.14 bits per heavy atom. The molecule has 1 saturated carbocycles. The Balaban J connectivity index is 1.86. The maximum Gasteiger partial charge on any atom is 0.191 e. The van der Waals surface area contributed by atoms with Crippen molar-refractivity contribution in [2.75, 3.05) is 13.3 Å². The summed E-state index contributed by atoms with van der Waals surface area (Å²) >= 11 is 1.98. The molecule has 4 heteroatoms. The summed E-state index contributed by atoms with van der Waals surface area (Å²) in [5.41, 5.74) is 3.98. The Kier molecular flexibility index (Phi) is 5.97. The number of aryl methyl sites for hydroxylation is 2. The molecule has 1 aliphatic rings. The number of guanidine groups is 1. The molecule has 116 valence electrons. The van der Waals surface area contributed by atoms with Gasteiger partial charge in [0.2, 0.25) is 0 Å². The first-order valence-electron chi connectivity index (χ1n) is 7.68. The first-order chi connectivity index (χ1) is 10.1. The molecule has 0 radical (unpaired) electrons. The van der Waals surface area contributed by atoms with Crippen LogP contribution in [0, 0.1) is 13.8 Å². The summed E-state index contributed by atoms with van der Waals surface area (Å²) in [7, 11) is 1.85. The van der Waals surface area contributed by atoms with Gasteiger partial charge in [0.25, 0.3) is 0 Å². The smallest absolute Gasteiger partial charge is 0.191 e. The zero-order valence-electron chi connectivity index (χ0n) is 13.6. The van der Waals surface area contributed by atoms with Crippen molar-refractivity contribution in [2.24, 2.45) is 4.99 Å². The van der Waals surface area contributed by atoms with Gasteiger partial charge in [-0.3, -0.25) is 4.99 Å². The number of thioether (sulfide) groups is 1. The van der Waals surface area contributed by atoms with Crippen LogP contribution in [0.3, 0.4) is 0 Å². The molecule has 0 amide bonds. The van der Waals surface area contributed by atoms with E-state index in [4.69, 9.17) is 0 Å². The minimum absolute atomic E-state index is 0.563. The van der Waals surface area contributed by atoms with Crippen molar-refractivity contribution >= 4 is 17.7 Å². The minimum Gasteiger partial charge on any atom is -0.354 e. The normalized spacial score (nSPS) is 22.4. The van der Waals surface area contributed by atoms with Gasteiger partial charge in [0.05, 0.1) is 0 Å². The highest BCUT2D eigenvalue weighted by Crippen LogP contribution is 2.28. The van der Waals surface area contributed by atoms with E-state index in [9.17, 15) is 0 Å². The quantitative estimate of drug-likeness (QED) is 0.662. The van der Waals surface area contributed by atoms with E-state index in [1.165, 1.54) is 36.0 Å². The summed E-state index contributed by atoms with van der Waals surface area (Å²) in [5.74, 6) is 0.918. The van der Waals surface area contributed by atoms with E-state index in [2.05, 4.69) is 53.9 Å². The third kappa shape index (κ3) is 4.67. The van der Waals surface area contributed by atoms with Gasteiger partial charge in [-0.1, -0.05) is 23.8 Å². The molecule has 0 saturated heterocycles. The van der Waals surface area contributed by atoms with Crippen LogP contribution in [0.5, 0.6) is 0 Å². The molecule has 2 N–H and O–H groups in total. The van der Waals surface area contributed by atoms with Gasteiger partial charge in [-0.15, -0.1) is 0 Å². The lowest BCUT2D eigenvalue weighted by atomic mass is 10.1. The third-order valence-electron chi connectivity index (χ3n) is 4.23. The van der Waals surface area contributed by atoms with Gasteiger partial charge in [-0.2, -0.15) is 11.8 Å². The van der Waals surface area contributed by atoms with E-state index >= 15 is 0 Å². The number of benzene rings is 1. The molecular formula is C17H27N3S. The highest BCUT2D eigenvalue weighted by Gasteiger charge is 2.24. The molecule has 1 aliphatic carbocycles. The predicted molar refractivity (Wildman–Crippen MR) is 94.2 cm³/mol. The van der Waals surface area contributed by atoms with Crippen LogP contribution in [0.4, 0.5) is 0 Å². The molecule has 2 atom stereocenters. The van der Waals surface area contributed by atoms with Crippen molar-refractivity contribution in [3.63, 3.8) is 0 Å². The Hall–Kier alpha value is -1.16. The van der Waals surface area contributed by atoms with E-state index in [0.717, 1.165) is 17.8 Å². The average molecular weight is 305 g/mol. The zero-order valence-corrected chi connectivity index (χ0v) is 14.4. The standard InChI is InChI=1S/C17H27N3S/c1-12-5-6-14(13(2)9-12)11-19-17(18-3)20-15-7-8-16(10-15)21-4/h5-6,9,15-16H,7-8,10-11H2,1-4H3,(H2,18,19,20). The average Bonchev–Trinajstić information content (AvgIpc) is 2.92. The molecule has 2 rings (SSSR count). The Morgan fingerprint density at radius 1 is 1.33 bits per heavy atom. The maximum atomic E-state index is 4.35. The van der Waals surface area contributed by atoms with Crippen LogP contribution in [0.1, 0.15) is 36.0 Å². The van der Waals surface area contributed by atoms with Gasteiger partial charge >= 0.3 is 0 Å². The van der Waals surface area contributed by atoms with Crippen LogP contribution < -0.4 is 10.6 Å². The third-order valence-corrected chi connectivity index (χ3v) is 5.32. The van der Waals surface area contributed by atoms with Crippen molar-refractivity contribution < 1.29 is 0 Å². The largest absolute Gasteiger partial charge is 0.354 e. The monoisotopic (exact) mass is 305 g/mol. The van der Waals surface area contributed by atoms with Gasteiger partial charge in [0.15, 0.2) is 5.96 Å². The molecule has 1 aromatic carbocycles. The molecule has 3 nitrogen and oxygen atoms in total. The molecule has 2 unspecified atom stereocenters. The lowest BCUT2D eigenvalue weighted by Gasteiger charge is -2.18. The second-order valence-electron chi connectivity index (χ2n) is 5.87. The number of rotatable bonds is 4. The van der Waals surface area contributed by atoms with Crippen molar-refractivity contribution in [1.82, 2.24) is 10.6 Å². The van der Waals surface area contributed by atoms with Crippen molar-refractivity contribution in [3.05, 3.63) is 34.9 Å². The second-order valence-corrected chi connectivity index (χ2v) is 7.01. The summed E-state index contributed by atoms with van der Waals surface area (Å²) in [5, 5.41) is 7.80. The van der Waals surface area contributed by atoms with Gasteiger partial charge in [-0.25, -0.2) is 0 Å². The summed E-state index contributed by atoms with van der Waals surface area (Å²) < 4.78 is 0. The SMILES string of the molecule is CN=C(NCc1ccc(C)cc1C)NC1CCC(SC)C1. The number of hydrogen-bond donors (Lipinski definition) is 2. The van der Waals surface area contributed by atoms with Crippen LogP contribution in [0.25, 0.3) is 0 Å². The van der Waals surface area contributed by atoms with E-state index in [1.807, 2.05) is 18.8 Å². The fourth-order valence-electron chi connectivity index (χ4n) is 2.90. The van der Waals surface area contributed by atoms with E-state index in [1.54, 1.807) is 0 Å². The van der Waals surface area contributed by atoms with Gasteiger partial charge < -0.3 is 10.6 Å². The molecule has 21 heavy (non-hydrogen) atoms. The van der Waals surface area contributed by atoms with Crippen LogP contribution in [-0.2, 0) is 6.54 Å².